The van der Waals surface area contributed by atoms with Gasteiger partial charge in [0.25, 0.3) is 0 Å². The molecule has 0 bridgehead atoms. The average molecular weight is 285 g/mol. The zero-order chi connectivity index (χ0) is 13.9. The Morgan fingerprint density at radius 3 is 2.95 bits per heavy atom. The Morgan fingerprint density at radius 1 is 1.42 bits per heavy atom. The van der Waals surface area contributed by atoms with Gasteiger partial charge in [-0.2, -0.15) is 0 Å². The largest absolute Gasteiger partial charge is 0.385 e. The summed E-state index contributed by atoms with van der Waals surface area (Å²) in [5.74, 6) is 0.801. The Balaban J connectivity index is 2.37. The summed E-state index contributed by atoms with van der Waals surface area (Å²) < 4.78 is 18.2. The van der Waals surface area contributed by atoms with Crippen LogP contribution in [-0.2, 0) is 4.74 Å². The second-order valence-electron chi connectivity index (χ2n) is 4.55. The summed E-state index contributed by atoms with van der Waals surface area (Å²) in [5, 5.41) is 3.54. The normalized spacial score (nSPS) is 12.6. The molecular formula is C15H24FNOS. The monoisotopic (exact) mass is 285 g/mol. The van der Waals surface area contributed by atoms with Crippen LogP contribution in [0.3, 0.4) is 0 Å². The predicted molar refractivity (Wildman–Crippen MR) is 80.3 cm³/mol. The van der Waals surface area contributed by atoms with Gasteiger partial charge in [-0.3, -0.25) is 0 Å². The number of methoxy groups -OCH3 is 1. The lowest BCUT2D eigenvalue weighted by atomic mass is 10.2. The first kappa shape index (κ1) is 16.5. The SMILES string of the molecule is CCCNC(CCCOC)CSc1cccc(F)c1. The summed E-state index contributed by atoms with van der Waals surface area (Å²) in [4.78, 5) is 0.995. The highest BCUT2D eigenvalue weighted by molar-refractivity contribution is 7.99. The van der Waals surface area contributed by atoms with E-state index >= 15 is 0 Å². The summed E-state index contributed by atoms with van der Waals surface area (Å²) >= 11 is 1.71. The highest BCUT2D eigenvalue weighted by atomic mass is 32.2. The van der Waals surface area contributed by atoms with Crippen LogP contribution in [0.15, 0.2) is 29.2 Å². The Hall–Kier alpha value is -0.580. The molecule has 0 aliphatic rings. The maximum Gasteiger partial charge on any atom is 0.124 e. The van der Waals surface area contributed by atoms with Crippen LogP contribution in [0.1, 0.15) is 26.2 Å². The van der Waals surface area contributed by atoms with Gasteiger partial charge in [0.2, 0.25) is 0 Å². The molecule has 0 radical (unpaired) electrons. The molecule has 0 saturated heterocycles. The summed E-state index contributed by atoms with van der Waals surface area (Å²) in [7, 11) is 1.73. The van der Waals surface area contributed by atoms with E-state index in [0.717, 1.165) is 43.1 Å². The van der Waals surface area contributed by atoms with E-state index in [0.29, 0.717) is 6.04 Å². The van der Waals surface area contributed by atoms with Crippen LogP contribution in [0.4, 0.5) is 4.39 Å². The van der Waals surface area contributed by atoms with Crippen LogP contribution in [0.2, 0.25) is 0 Å². The van der Waals surface area contributed by atoms with Gasteiger partial charge in [0.1, 0.15) is 5.82 Å². The highest BCUT2D eigenvalue weighted by Crippen LogP contribution is 2.20. The molecule has 1 aromatic carbocycles. The van der Waals surface area contributed by atoms with Crippen LogP contribution < -0.4 is 5.32 Å². The molecule has 4 heteroatoms. The average Bonchev–Trinajstić information content (AvgIpc) is 2.41. The number of nitrogens with one attached hydrogen (secondary N) is 1. The van der Waals surface area contributed by atoms with Gasteiger partial charge >= 0.3 is 0 Å². The van der Waals surface area contributed by atoms with Crippen molar-refractivity contribution in [1.29, 1.82) is 0 Å². The van der Waals surface area contributed by atoms with Crippen molar-refractivity contribution in [3.8, 4) is 0 Å². The molecule has 1 aromatic rings. The van der Waals surface area contributed by atoms with Crippen molar-refractivity contribution in [2.24, 2.45) is 0 Å². The van der Waals surface area contributed by atoms with E-state index in [4.69, 9.17) is 4.74 Å². The fraction of sp³-hybridized carbons (Fsp3) is 0.600. The summed E-state index contributed by atoms with van der Waals surface area (Å²) in [5.41, 5.74) is 0. The van der Waals surface area contributed by atoms with Gasteiger partial charge < -0.3 is 10.1 Å². The minimum absolute atomic E-state index is 0.164. The molecule has 108 valence electrons. The number of thioether (sulfide) groups is 1. The molecule has 0 amide bonds. The fourth-order valence-corrected chi connectivity index (χ4v) is 2.87. The molecule has 2 nitrogen and oxygen atoms in total. The Morgan fingerprint density at radius 2 is 2.26 bits per heavy atom. The number of ether oxygens (including phenoxy) is 1. The minimum Gasteiger partial charge on any atom is -0.385 e. The van der Waals surface area contributed by atoms with E-state index in [2.05, 4.69) is 12.2 Å². The smallest absolute Gasteiger partial charge is 0.124 e. The van der Waals surface area contributed by atoms with Gasteiger partial charge in [-0.1, -0.05) is 13.0 Å². The van der Waals surface area contributed by atoms with Gasteiger partial charge in [0, 0.05) is 30.4 Å². The van der Waals surface area contributed by atoms with Gasteiger partial charge in [-0.05, 0) is 44.0 Å². The Bertz CT molecular complexity index is 349. The third-order valence-corrected chi connectivity index (χ3v) is 3.99. The zero-order valence-corrected chi connectivity index (χ0v) is 12.6. The first-order chi connectivity index (χ1) is 9.26. The van der Waals surface area contributed by atoms with Crippen molar-refractivity contribution in [1.82, 2.24) is 5.32 Å². The van der Waals surface area contributed by atoms with E-state index in [1.807, 2.05) is 6.07 Å². The lowest BCUT2D eigenvalue weighted by molar-refractivity contribution is 0.189. The van der Waals surface area contributed by atoms with Gasteiger partial charge in [0.15, 0.2) is 0 Å². The molecule has 0 aliphatic carbocycles. The van der Waals surface area contributed by atoms with E-state index in [9.17, 15) is 4.39 Å². The summed E-state index contributed by atoms with van der Waals surface area (Å²) in [6.07, 6.45) is 3.28. The van der Waals surface area contributed by atoms with Crippen LogP contribution in [-0.4, -0.2) is 32.1 Å². The van der Waals surface area contributed by atoms with E-state index in [-0.39, 0.29) is 5.82 Å². The van der Waals surface area contributed by atoms with E-state index < -0.39 is 0 Å². The topological polar surface area (TPSA) is 21.3 Å². The second kappa shape index (κ2) is 10.2. The van der Waals surface area contributed by atoms with Gasteiger partial charge in [-0.15, -0.1) is 11.8 Å². The molecule has 1 N–H and O–H groups in total. The summed E-state index contributed by atoms with van der Waals surface area (Å²) in [6, 6.07) is 7.26. The molecule has 0 fully saturated rings. The molecule has 1 atom stereocenters. The van der Waals surface area contributed by atoms with E-state index in [1.54, 1.807) is 31.0 Å². The van der Waals surface area contributed by atoms with Crippen LogP contribution >= 0.6 is 11.8 Å². The lowest BCUT2D eigenvalue weighted by Crippen LogP contribution is -2.32. The van der Waals surface area contributed by atoms with Crippen molar-refractivity contribution in [2.75, 3.05) is 26.0 Å². The first-order valence-corrected chi connectivity index (χ1v) is 7.85. The standard InChI is InChI=1S/C15H24FNOS/c1-3-9-17-14(7-5-10-18-2)12-19-15-8-4-6-13(16)11-15/h4,6,8,11,14,17H,3,5,7,9-10,12H2,1-2H3. The van der Waals surface area contributed by atoms with Gasteiger partial charge in [-0.25, -0.2) is 4.39 Å². The minimum atomic E-state index is -0.164. The maximum absolute atomic E-state index is 13.1. The molecule has 0 aromatic heterocycles. The lowest BCUT2D eigenvalue weighted by Gasteiger charge is -2.18. The number of benzene rings is 1. The Kier molecular flexibility index (Phi) is 8.88. The zero-order valence-electron chi connectivity index (χ0n) is 11.8. The molecule has 1 unspecified atom stereocenters. The van der Waals surface area contributed by atoms with Crippen molar-refractivity contribution in [3.05, 3.63) is 30.1 Å². The quantitative estimate of drug-likeness (QED) is 0.523. The fourth-order valence-electron chi connectivity index (χ4n) is 1.82. The summed E-state index contributed by atoms with van der Waals surface area (Å²) in [6.45, 7) is 4.00. The van der Waals surface area contributed by atoms with Gasteiger partial charge in [0.05, 0.1) is 0 Å². The maximum atomic E-state index is 13.1. The molecule has 19 heavy (non-hydrogen) atoms. The predicted octanol–water partition coefficient (Wildman–Crippen LogP) is 3.71. The van der Waals surface area contributed by atoms with Crippen molar-refractivity contribution < 1.29 is 9.13 Å². The number of halogens is 1. The molecular weight excluding hydrogens is 261 g/mol. The third-order valence-electron chi connectivity index (χ3n) is 2.83. The van der Waals surface area contributed by atoms with Crippen molar-refractivity contribution >= 4 is 11.8 Å². The number of hydrogen-bond acceptors (Lipinski definition) is 3. The molecule has 0 heterocycles. The van der Waals surface area contributed by atoms with Crippen LogP contribution in [0.5, 0.6) is 0 Å². The number of hydrogen-bond donors (Lipinski definition) is 1. The van der Waals surface area contributed by atoms with E-state index in [1.165, 1.54) is 6.07 Å². The van der Waals surface area contributed by atoms with Crippen LogP contribution in [0, 0.1) is 5.82 Å². The third kappa shape index (κ3) is 7.55. The molecule has 1 rings (SSSR count). The van der Waals surface area contributed by atoms with Crippen LogP contribution in [0.25, 0.3) is 0 Å². The second-order valence-corrected chi connectivity index (χ2v) is 5.65. The first-order valence-electron chi connectivity index (χ1n) is 6.87. The van der Waals surface area contributed by atoms with Crippen molar-refractivity contribution in [3.63, 3.8) is 0 Å². The number of rotatable bonds is 10. The molecule has 0 aliphatic heterocycles. The van der Waals surface area contributed by atoms with Crippen molar-refractivity contribution in [2.45, 2.75) is 37.1 Å². The molecule has 0 saturated carbocycles. The molecule has 0 spiro atoms. The Labute approximate surface area is 120 Å². The highest BCUT2D eigenvalue weighted by Gasteiger charge is 2.08.